The molecule has 1 heterocycles. The Morgan fingerprint density at radius 2 is 2.06 bits per heavy atom. The van der Waals surface area contributed by atoms with E-state index in [0.717, 1.165) is 16.9 Å². The molecule has 1 aromatic rings. The molecule has 18 heavy (non-hydrogen) atoms. The Labute approximate surface area is 119 Å². The van der Waals surface area contributed by atoms with E-state index in [1.54, 1.807) is 6.92 Å². The van der Waals surface area contributed by atoms with Crippen molar-refractivity contribution in [2.75, 3.05) is 17.3 Å². The largest absolute Gasteiger partial charge is 0.462 e. The predicted molar refractivity (Wildman–Crippen MR) is 76.8 cm³/mol. The quantitative estimate of drug-likeness (QED) is 0.665. The monoisotopic (exact) mass is 333 g/mol. The summed E-state index contributed by atoms with van der Waals surface area (Å²) < 4.78 is 5.04. The molecule has 1 amide bonds. The summed E-state index contributed by atoms with van der Waals surface area (Å²) in [7, 11) is 0. The lowest BCUT2D eigenvalue weighted by Gasteiger charge is -2.06. The highest BCUT2D eigenvalue weighted by Gasteiger charge is 2.23. The van der Waals surface area contributed by atoms with Gasteiger partial charge in [0.1, 0.15) is 5.00 Å². The number of ether oxygens (including phenoxy) is 1. The first-order valence-electron chi connectivity index (χ1n) is 5.70. The highest BCUT2D eigenvalue weighted by atomic mass is 79.9. The zero-order valence-electron chi connectivity index (χ0n) is 10.6. The van der Waals surface area contributed by atoms with Gasteiger partial charge in [0.05, 0.1) is 17.5 Å². The van der Waals surface area contributed by atoms with Crippen molar-refractivity contribution >= 4 is 44.1 Å². The highest BCUT2D eigenvalue weighted by Crippen LogP contribution is 2.34. The third-order valence-electron chi connectivity index (χ3n) is 2.42. The van der Waals surface area contributed by atoms with E-state index in [1.165, 1.54) is 11.3 Å². The van der Waals surface area contributed by atoms with E-state index in [9.17, 15) is 9.59 Å². The summed E-state index contributed by atoms with van der Waals surface area (Å²) in [6, 6.07) is 0. The maximum Gasteiger partial charge on any atom is 0.341 e. The van der Waals surface area contributed by atoms with E-state index >= 15 is 0 Å². The lowest BCUT2D eigenvalue weighted by Crippen LogP contribution is -2.15. The standard InChI is InChI=1S/C12H16BrNO3S/c1-4-8-7(3)18-11(14-9(15)6-13)10(8)12(16)17-5-2/h4-6H2,1-3H3,(H,14,15). The Bertz CT molecular complexity index is 456. The topological polar surface area (TPSA) is 55.4 Å². The second kappa shape index (κ2) is 6.89. The number of esters is 1. The molecule has 0 atom stereocenters. The Kier molecular flexibility index (Phi) is 5.81. The Morgan fingerprint density at radius 3 is 2.56 bits per heavy atom. The minimum atomic E-state index is -0.372. The van der Waals surface area contributed by atoms with E-state index < -0.39 is 0 Å². The number of hydrogen-bond acceptors (Lipinski definition) is 4. The first-order chi connectivity index (χ1) is 8.54. The van der Waals surface area contributed by atoms with Crippen LogP contribution >= 0.6 is 27.3 Å². The number of nitrogens with one attached hydrogen (secondary N) is 1. The number of anilines is 1. The first-order valence-corrected chi connectivity index (χ1v) is 7.64. The van der Waals surface area contributed by atoms with E-state index in [2.05, 4.69) is 21.2 Å². The van der Waals surface area contributed by atoms with Gasteiger partial charge in [-0.15, -0.1) is 11.3 Å². The lowest BCUT2D eigenvalue weighted by molar-refractivity contribution is -0.113. The van der Waals surface area contributed by atoms with E-state index in [4.69, 9.17) is 4.74 Å². The van der Waals surface area contributed by atoms with Crippen LogP contribution in [0.4, 0.5) is 5.00 Å². The van der Waals surface area contributed by atoms with Gasteiger partial charge in [-0.25, -0.2) is 4.79 Å². The van der Waals surface area contributed by atoms with Crippen molar-refractivity contribution < 1.29 is 14.3 Å². The number of amides is 1. The minimum absolute atomic E-state index is 0.176. The van der Waals surface area contributed by atoms with E-state index in [0.29, 0.717) is 17.2 Å². The van der Waals surface area contributed by atoms with Crippen LogP contribution in [0.3, 0.4) is 0 Å². The second-order valence-electron chi connectivity index (χ2n) is 3.60. The fraction of sp³-hybridized carbons (Fsp3) is 0.500. The van der Waals surface area contributed by atoms with Crippen molar-refractivity contribution in [3.05, 3.63) is 16.0 Å². The zero-order chi connectivity index (χ0) is 13.7. The fourth-order valence-corrected chi connectivity index (χ4v) is 2.96. The van der Waals surface area contributed by atoms with Gasteiger partial charge >= 0.3 is 5.97 Å². The molecular formula is C12H16BrNO3S. The van der Waals surface area contributed by atoms with Crippen LogP contribution < -0.4 is 5.32 Å². The van der Waals surface area contributed by atoms with Crippen molar-refractivity contribution in [2.45, 2.75) is 27.2 Å². The number of carbonyl (C=O) groups is 2. The summed E-state index contributed by atoms with van der Waals surface area (Å²) in [5.74, 6) is -0.548. The minimum Gasteiger partial charge on any atom is -0.462 e. The molecule has 0 bridgehead atoms. The van der Waals surface area contributed by atoms with Crippen LogP contribution in [-0.4, -0.2) is 23.8 Å². The lowest BCUT2D eigenvalue weighted by atomic mass is 10.1. The molecule has 0 saturated heterocycles. The van der Waals surface area contributed by atoms with Gasteiger partial charge in [0, 0.05) is 4.88 Å². The van der Waals surface area contributed by atoms with Crippen LogP contribution in [0, 0.1) is 6.92 Å². The van der Waals surface area contributed by atoms with Crippen molar-refractivity contribution in [1.82, 2.24) is 0 Å². The van der Waals surface area contributed by atoms with Crippen LogP contribution in [0.15, 0.2) is 0 Å². The summed E-state index contributed by atoms with van der Waals surface area (Å²) in [5, 5.41) is 3.51. The molecule has 0 saturated carbocycles. The molecule has 0 aliphatic heterocycles. The normalized spacial score (nSPS) is 10.2. The summed E-state index contributed by atoms with van der Waals surface area (Å²) in [6.07, 6.45) is 0.737. The summed E-state index contributed by atoms with van der Waals surface area (Å²) in [5.41, 5.74) is 1.44. The third kappa shape index (κ3) is 3.32. The molecule has 0 aliphatic rings. The van der Waals surface area contributed by atoms with Crippen molar-refractivity contribution in [3.63, 3.8) is 0 Å². The maximum absolute atomic E-state index is 11.9. The summed E-state index contributed by atoms with van der Waals surface area (Å²) in [4.78, 5) is 24.4. The van der Waals surface area contributed by atoms with Gasteiger partial charge in [-0.05, 0) is 25.8 Å². The van der Waals surface area contributed by atoms with Gasteiger partial charge in [0.2, 0.25) is 5.91 Å². The van der Waals surface area contributed by atoms with Gasteiger partial charge < -0.3 is 10.1 Å². The average molecular weight is 334 g/mol. The molecule has 0 unspecified atom stereocenters. The van der Waals surface area contributed by atoms with Gasteiger partial charge in [-0.2, -0.15) is 0 Å². The van der Waals surface area contributed by atoms with Crippen LogP contribution in [-0.2, 0) is 16.0 Å². The van der Waals surface area contributed by atoms with Crippen LogP contribution in [0.2, 0.25) is 0 Å². The Hall–Kier alpha value is -0.880. The highest BCUT2D eigenvalue weighted by molar-refractivity contribution is 9.09. The molecule has 1 N–H and O–H groups in total. The SMILES string of the molecule is CCOC(=O)c1c(NC(=O)CBr)sc(C)c1CC. The number of carbonyl (C=O) groups excluding carboxylic acids is 2. The number of rotatable bonds is 5. The molecule has 0 spiro atoms. The first kappa shape index (κ1) is 15.2. The Morgan fingerprint density at radius 1 is 1.39 bits per heavy atom. The van der Waals surface area contributed by atoms with E-state index in [-0.39, 0.29) is 17.2 Å². The molecule has 6 heteroatoms. The number of thiophene rings is 1. The van der Waals surface area contributed by atoms with Crippen molar-refractivity contribution in [3.8, 4) is 0 Å². The molecule has 0 aliphatic carbocycles. The fourth-order valence-electron chi connectivity index (χ4n) is 1.67. The molecule has 0 aromatic carbocycles. The summed E-state index contributed by atoms with van der Waals surface area (Å²) in [6.45, 7) is 6.01. The van der Waals surface area contributed by atoms with Crippen LogP contribution in [0.25, 0.3) is 0 Å². The van der Waals surface area contributed by atoms with Crippen LogP contribution in [0.5, 0.6) is 0 Å². The van der Waals surface area contributed by atoms with E-state index in [1.807, 2.05) is 13.8 Å². The number of halogens is 1. The molecule has 1 aromatic heterocycles. The van der Waals surface area contributed by atoms with Gasteiger partial charge in [0.15, 0.2) is 0 Å². The predicted octanol–water partition coefficient (Wildman–Crippen LogP) is 3.13. The summed E-state index contributed by atoms with van der Waals surface area (Å²) >= 11 is 4.49. The molecule has 0 fully saturated rings. The molecular weight excluding hydrogens is 318 g/mol. The average Bonchev–Trinajstić information content (AvgIpc) is 2.65. The molecule has 100 valence electrons. The van der Waals surface area contributed by atoms with Gasteiger partial charge in [-0.1, -0.05) is 22.9 Å². The zero-order valence-corrected chi connectivity index (χ0v) is 13.0. The molecule has 1 rings (SSSR count). The molecule has 0 radical (unpaired) electrons. The number of aryl methyl sites for hydroxylation is 1. The number of hydrogen-bond donors (Lipinski definition) is 1. The van der Waals surface area contributed by atoms with Gasteiger partial charge in [0.25, 0.3) is 0 Å². The molecule has 4 nitrogen and oxygen atoms in total. The van der Waals surface area contributed by atoms with Crippen molar-refractivity contribution in [1.29, 1.82) is 0 Å². The van der Waals surface area contributed by atoms with Crippen molar-refractivity contribution in [2.24, 2.45) is 0 Å². The van der Waals surface area contributed by atoms with Crippen LogP contribution in [0.1, 0.15) is 34.6 Å². The smallest absolute Gasteiger partial charge is 0.341 e. The number of alkyl halides is 1. The Balaban J connectivity index is 3.16. The third-order valence-corrected chi connectivity index (χ3v) is 3.99. The second-order valence-corrected chi connectivity index (χ2v) is 5.38. The van der Waals surface area contributed by atoms with Gasteiger partial charge in [-0.3, -0.25) is 4.79 Å². The maximum atomic E-state index is 11.9.